The predicted octanol–water partition coefficient (Wildman–Crippen LogP) is 1.88. The molecule has 0 aliphatic carbocycles. The fourth-order valence-corrected chi connectivity index (χ4v) is 1.96. The zero-order chi connectivity index (χ0) is 6.69. The molecule has 1 radical (unpaired) electrons. The van der Waals surface area contributed by atoms with Crippen molar-refractivity contribution in [3.63, 3.8) is 0 Å². The largest absolute Gasteiger partial charge is 0.546 e. The number of hydrogen-bond donors (Lipinski definition) is 0. The molecule has 0 aliphatic heterocycles. The molecule has 1 nitrogen and oxygen atoms in total. The second kappa shape index (κ2) is 3.09. The lowest BCUT2D eigenvalue weighted by Crippen LogP contribution is -2.10. The van der Waals surface area contributed by atoms with Gasteiger partial charge in [0.05, 0.1) is 0 Å². The maximum atomic E-state index is 5.48. The minimum absolute atomic E-state index is 0.718. The third-order valence-electron chi connectivity index (χ3n) is 0.876. The van der Waals surface area contributed by atoms with Crippen LogP contribution in [0.15, 0.2) is 11.9 Å². The van der Waals surface area contributed by atoms with Crippen LogP contribution >= 0.6 is 8.19 Å². The molecule has 49 valence electrons. The van der Waals surface area contributed by atoms with Gasteiger partial charge >= 0.3 is 0 Å². The van der Waals surface area contributed by atoms with Gasteiger partial charge in [0.25, 0.3) is 0 Å². The highest BCUT2D eigenvalue weighted by molar-refractivity contribution is 7.28. The summed E-state index contributed by atoms with van der Waals surface area (Å²) >= 11 is 0. The van der Waals surface area contributed by atoms with Gasteiger partial charge < -0.3 is 4.43 Å². The van der Waals surface area contributed by atoms with E-state index in [9.17, 15) is 0 Å². The average Bonchev–Trinajstić information content (AvgIpc) is 2.15. The zero-order valence-corrected chi connectivity index (χ0v) is 7.79. The van der Waals surface area contributed by atoms with Crippen LogP contribution in [0.1, 0.15) is 0 Å². The van der Waals surface area contributed by atoms with E-state index in [-0.39, 0.29) is 0 Å². The molecule has 9 heavy (non-hydrogen) atoms. The monoisotopic (exact) mass is 157 g/mol. The van der Waals surface area contributed by atoms with Crippen molar-refractivity contribution in [3.05, 3.63) is 17.7 Å². The summed E-state index contributed by atoms with van der Waals surface area (Å²) in [6.45, 7) is 4.31. The highest BCUT2D eigenvalue weighted by Crippen LogP contribution is 2.17. The van der Waals surface area contributed by atoms with Crippen molar-refractivity contribution in [1.29, 1.82) is 0 Å². The smallest absolute Gasteiger partial charge is 0.229 e. The van der Waals surface area contributed by atoms with Gasteiger partial charge in [-0.2, -0.15) is 0 Å². The van der Waals surface area contributed by atoms with Gasteiger partial charge in [-0.3, -0.25) is 0 Å². The number of rotatable bonds is 2. The molecule has 0 saturated carbocycles. The molecule has 0 N–H and O–H groups in total. The van der Waals surface area contributed by atoms with Crippen molar-refractivity contribution in [3.8, 4) is 5.75 Å². The summed E-state index contributed by atoms with van der Waals surface area (Å²) in [5.74, 6) is 6.19. The Morgan fingerprint density at radius 1 is 1.67 bits per heavy atom. The topological polar surface area (TPSA) is 9.23 Å². The van der Waals surface area contributed by atoms with Crippen molar-refractivity contribution in [2.75, 3.05) is 0 Å². The van der Waals surface area contributed by atoms with E-state index >= 15 is 0 Å². The molecule has 0 saturated heterocycles. The van der Waals surface area contributed by atoms with Crippen LogP contribution in [0.25, 0.3) is 0 Å². The second-order valence-electron chi connectivity index (χ2n) is 2.13. The minimum Gasteiger partial charge on any atom is -0.546 e. The van der Waals surface area contributed by atoms with Gasteiger partial charge in [-0.1, -0.05) is 0 Å². The molecule has 0 amide bonds. The molecule has 0 aromatic carbocycles. The van der Waals surface area contributed by atoms with E-state index in [1.54, 1.807) is 0 Å². The Balaban J connectivity index is 2.48. The van der Waals surface area contributed by atoms with Gasteiger partial charge in [0.1, 0.15) is 5.75 Å². The molecule has 0 fully saturated rings. The summed E-state index contributed by atoms with van der Waals surface area (Å²) in [5.41, 5.74) is 0. The molecule has 0 aliphatic rings. The van der Waals surface area contributed by atoms with Gasteiger partial charge in [-0.15, -0.1) is 8.19 Å². The van der Waals surface area contributed by atoms with Crippen LogP contribution in [-0.4, -0.2) is 9.04 Å². The van der Waals surface area contributed by atoms with Crippen molar-refractivity contribution < 1.29 is 4.43 Å². The van der Waals surface area contributed by atoms with E-state index in [2.05, 4.69) is 24.7 Å². The normalized spacial score (nSPS) is 11.0. The molecule has 1 aromatic rings. The van der Waals surface area contributed by atoms with Crippen LogP contribution in [-0.2, 0) is 0 Å². The first-order valence-electron chi connectivity index (χ1n) is 3.01. The highest BCUT2D eigenvalue weighted by Gasteiger charge is 1.96. The molecule has 1 unspecified atom stereocenters. The van der Waals surface area contributed by atoms with Crippen molar-refractivity contribution in [2.24, 2.45) is 0 Å². The van der Waals surface area contributed by atoms with Crippen LogP contribution in [0.4, 0.5) is 0 Å². The summed E-state index contributed by atoms with van der Waals surface area (Å²) in [5, 5.41) is 0. The predicted molar refractivity (Wildman–Crippen MR) is 44.3 cm³/mol. The van der Waals surface area contributed by atoms with E-state index in [1.807, 2.05) is 6.07 Å². The summed E-state index contributed by atoms with van der Waals surface area (Å²) in [4.78, 5) is 0. The van der Waals surface area contributed by atoms with Crippen LogP contribution in [0.3, 0.4) is 0 Å². The molecule has 1 atom stereocenters. The average molecular weight is 157 g/mol. The van der Waals surface area contributed by atoms with Crippen molar-refractivity contribution >= 4 is 17.2 Å². The van der Waals surface area contributed by atoms with Crippen LogP contribution < -0.4 is 4.43 Å². The molecule has 1 heterocycles. The van der Waals surface area contributed by atoms with Crippen molar-refractivity contribution in [2.45, 2.75) is 13.1 Å². The third kappa shape index (κ3) is 2.25. The highest BCUT2D eigenvalue weighted by atomic mass is 31.0. The van der Waals surface area contributed by atoms with Crippen molar-refractivity contribution in [1.82, 2.24) is 0 Å². The molecular formula is C6H10OPSi. The summed E-state index contributed by atoms with van der Waals surface area (Å²) < 4.78 is 5.48. The molecule has 1 aromatic heterocycles. The van der Waals surface area contributed by atoms with Gasteiger partial charge in [-0.25, -0.2) is 0 Å². The van der Waals surface area contributed by atoms with Gasteiger partial charge in [0.15, 0.2) is 0 Å². The lowest BCUT2D eigenvalue weighted by Gasteiger charge is -2.04. The van der Waals surface area contributed by atoms with E-state index in [0.29, 0.717) is 0 Å². The fraction of sp³-hybridized carbons (Fsp3) is 0.333. The van der Waals surface area contributed by atoms with Crippen LogP contribution in [0.5, 0.6) is 5.75 Å². The zero-order valence-electron chi connectivity index (χ0n) is 5.64. The second-order valence-corrected chi connectivity index (χ2v) is 5.34. The Bertz CT molecular complexity index is 160. The fourth-order valence-electron chi connectivity index (χ4n) is 0.594. The standard InChI is InChI=1S/C6H10OPSi/c1-9(2)7-6-3-4-8-5-6/h3-4,8-9H,1-2H3. The first kappa shape index (κ1) is 6.91. The lowest BCUT2D eigenvalue weighted by molar-refractivity contribution is 0.583. The van der Waals surface area contributed by atoms with E-state index in [1.165, 1.54) is 0 Å². The maximum absolute atomic E-state index is 5.48. The Kier molecular flexibility index (Phi) is 2.37. The maximum Gasteiger partial charge on any atom is 0.229 e. The van der Waals surface area contributed by atoms with Gasteiger partial charge in [-0.05, 0) is 25.0 Å². The summed E-state index contributed by atoms with van der Waals surface area (Å²) in [6, 6.07) is 2.01. The number of hydrogen-bond acceptors (Lipinski definition) is 1. The van der Waals surface area contributed by atoms with Crippen LogP contribution in [0, 0.1) is 5.80 Å². The van der Waals surface area contributed by atoms with E-state index < -0.39 is 9.04 Å². The van der Waals surface area contributed by atoms with E-state index in [0.717, 1.165) is 13.9 Å². The minimum atomic E-state index is -0.870. The Morgan fingerprint density at radius 3 is 2.89 bits per heavy atom. The Labute approximate surface area is 58.9 Å². The lowest BCUT2D eigenvalue weighted by atomic mass is 10.6. The summed E-state index contributed by atoms with van der Waals surface area (Å²) in [7, 11) is -0.152. The van der Waals surface area contributed by atoms with E-state index in [4.69, 9.17) is 4.43 Å². The first-order chi connectivity index (χ1) is 4.29. The van der Waals surface area contributed by atoms with Gasteiger partial charge in [0, 0.05) is 5.80 Å². The Hall–Kier alpha value is -0.203. The molecule has 0 bridgehead atoms. The molecule has 0 spiro atoms. The SMILES string of the molecule is C[SiH](C)Oc1[c][pH]cc1. The molecule has 3 heteroatoms. The molecular weight excluding hydrogens is 147 g/mol. The first-order valence-corrected chi connectivity index (χ1v) is 6.86. The quantitative estimate of drug-likeness (QED) is 0.595. The van der Waals surface area contributed by atoms with Gasteiger partial charge in [0.2, 0.25) is 9.04 Å². The molecule has 1 rings (SSSR count). The Morgan fingerprint density at radius 2 is 2.44 bits per heavy atom. The third-order valence-corrected chi connectivity index (χ3v) is 2.33. The van der Waals surface area contributed by atoms with Crippen LogP contribution in [0.2, 0.25) is 13.1 Å². The summed E-state index contributed by atoms with van der Waals surface area (Å²) in [6.07, 6.45) is 0.